The van der Waals surface area contributed by atoms with E-state index in [1.165, 1.54) is 6.07 Å². The number of hydrogen-bond acceptors (Lipinski definition) is 1. The molecule has 0 unspecified atom stereocenters. The Morgan fingerprint density at radius 1 is 1.54 bits per heavy atom. The highest BCUT2D eigenvalue weighted by atomic mass is 79.9. The van der Waals surface area contributed by atoms with Gasteiger partial charge in [0.2, 0.25) is 5.24 Å². The van der Waals surface area contributed by atoms with Gasteiger partial charge in [0.15, 0.2) is 0 Å². The van der Waals surface area contributed by atoms with E-state index in [1.807, 2.05) is 0 Å². The Morgan fingerprint density at radius 2 is 2.23 bits per heavy atom. The second-order valence-electron chi connectivity index (χ2n) is 2.56. The smallest absolute Gasteiger partial charge is 0.221 e. The molecule has 70 valence electrons. The van der Waals surface area contributed by atoms with E-state index in [0.717, 1.165) is 0 Å². The Morgan fingerprint density at radius 3 is 2.77 bits per heavy atom. The minimum atomic E-state index is -0.449. The topological polar surface area (TPSA) is 17.1 Å². The van der Waals surface area contributed by atoms with Crippen LogP contribution in [0.25, 0.3) is 0 Å². The van der Waals surface area contributed by atoms with E-state index in [9.17, 15) is 9.18 Å². The molecule has 4 heteroatoms. The first kappa shape index (κ1) is 10.7. The summed E-state index contributed by atoms with van der Waals surface area (Å²) in [5, 5.41) is -0.449. The van der Waals surface area contributed by atoms with Crippen molar-refractivity contribution >= 4 is 32.8 Å². The normalized spacial score (nSPS) is 10.1. The Labute approximate surface area is 89.0 Å². The predicted molar refractivity (Wildman–Crippen MR) is 53.3 cm³/mol. The average molecular weight is 266 g/mol. The molecule has 0 aliphatic rings. The Bertz CT molecular complexity index is 307. The number of hydrogen-bond donors (Lipinski definition) is 0. The molecule has 0 atom stereocenters. The molecule has 0 amide bonds. The van der Waals surface area contributed by atoms with Crippen LogP contribution in [0.1, 0.15) is 12.0 Å². The second kappa shape index (κ2) is 4.72. The molecule has 1 aromatic rings. The Balaban J connectivity index is 2.81. The fourth-order valence-electron chi connectivity index (χ4n) is 0.994. The summed E-state index contributed by atoms with van der Waals surface area (Å²) in [6.07, 6.45) is 0.483. The zero-order valence-electron chi connectivity index (χ0n) is 6.69. The van der Waals surface area contributed by atoms with Crippen LogP contribution in [0, 0.1) is 5.82 Å². The molecule has 0 aromatic heterocycles. The van der Waals surface area contributed by atoms with E-state index in [0.29, 0.717) is 16.5 Å². The third kappa shape index (κ3) is 3.08. The van der Waals surface area contributed by atoms with Crippen molar-refractivity contribution < 1.29 is 9.18 Å². The molecule has 1 nitrogen and oxygen atoms in total. The molecule has 0 saturated carbocycles. The van der Waals surface area contributed by atoms with Crippen molar-refractivity contribution in [1.29, 1.82) is 0 Å². The molecule has 0 aliphatic heterocycles. The summed E-state index contributed by atoms with van der Waals surface area (Å²) in [5.41, 5.74) is 0.497. The molecule has 0 N–H and O–H groups in total. The van der Waals surface area contributed by atoms with E-state index >= 15 is 0 Å². The minimum Gasteiger partial charge on any atom is -0.281 e. The van der Waals surface area contributed by atoms with Gasteiger partial charge in [-0.15, -0.1) is 0 Å². The quantitative estimate of drug-likeness (QED) is 0.767. The predicted octanol–water partition coefficient (Wildman–Crippen LogP) is 3.29. The van der Waals surface area contributed by atoms with Gasteiger partial charge in [-0.1, -0.05) is 22.0 Å². The van der Waals surface area contributed by atoms with Crippen LogP contribution in [0.2, 0.25) is 0 Å². The largest absolute Gasteiger partial charge is 0.281 e. The average Bonchev–Trinajstić information content (AvgIpc) is 2.03. The monoisotopic (exact) mass is 264 g/mol. The molecule has 1 aromatic carbocycles. The first-order chi connectivity index (χ1) is 6.11. The van der Waals surface area contributed by atoms with Gasteiger partial charge in [0.25, 0.3) is 0 Å². The van der Waals surface area contributed by atoms with E-state index in [1.54, 1.807) is 12.1 Å². The summed E-state index contributed by atoms with van der Waals surface area (Å²) < 4.78 is 13.8. The summed E-state index contributed by atoms with van der Waals surface area (Å²) in [5.74, 6) is -0.313. The second-order valence-corrected chi connectivity index (χ2v) is 3.83. The first-order valence-electron chi connectivity index (χ1n) is 3.72. The molecule has 0 saturated heterocycles. The molecule has 0 aliphatic carbocycles. The molecule has 0 heterocycles. The van der Waals surface area contributed by atoms with Crippen LogP contribution in [-0.2, 0) is 11.2 Å². The number of carbonyl (C=O) groups is 1. The van der Waals surface area contributed by atoms with Crippen molar-refractivity contribution in [2.45, 2.75) is 12.8 Å². The summed E-state index contributed by atoms with van der Waals surface area (Å²) in [7, 11) is 0. The lowest BCUT2D eigenvalue weighted by molar-refractivity contribution is -0.111. The van der Waals surface area contributed by atoms with Gasteiger partial charge in [-0.25, -0.2) is 4.39 Å². The molecule has 0 spiro atoms. The number of rotatable bonds is 3. The van der Waals surface area contributed by atoms with E-state index in [4.69, 9.17) is 11.6 Å². The molecule has 0 fully saturated rings. The fraction of sp³-hybridized carbons (Fsp3) is 0.222. The summed E-state index contributed by atoms with van der Waals surface area (Å²) in [6.45, 7) is 0. The lowest BCUT2D eigenvalue weighted by Gasteiger charge is -2.03. The number of benzene rings is 1. The van der Waals surface area contributed by atoms with Crippen LogP contribution in [-0.4, -0.2) is 5.24 Å². The van der Waals surface area contributed by atoms with Gasteiger partial charge >= 0.3 is 0 Å². The summed E-state index contributed by atoms with van der Waals surface area (Å²) in [6, 6.07) is 4.70. The van der Waals surface area contributed by atoms with Gasteiger partial charge in [0, 0.05) is 16.5 Å². The zero-order chi connectivity index (χ0) is 9.84. The van der Waals surface area contributed by atoms with Gasteiger partial charge in [0.1, 0.15) is 5.82 Å². The fourth-order valence-corrected chi connectivity index (χ4v) is 1.63. The van der Waals surface area contributed by atoms with Crippen molar-refractivity contribution in [3.8, 4) is 0 Å². The lowest BCUT2D eigenvalue weighted by atomic mass is 10.1. The summed E-state index contributed by atoms with van der Waals surface area (Å²) in [4.78, 5) is 10.5. The van der Waals surface area contributed by atoms with Crippen LogP contribution in [0.3, 0.4) is 0 Å². The highest BCUT2D eigenvalue weighted by Gasteiger charge is 2.07. The van der Waals surface area contributed by atoms with E-state index in [-0.39, 0.29) is 12.2 Å². The van der Waals surface area contributed by atoms with Crippen molar-refractivity contribution in [2.24, 2.45) is 0 Å². The van der Waals surface area contributed by atoms with Gasteiger partial charge in [0.05, 0.1) is 0 Å². The number of halogens is 3. The zero-order valence-corrected chi connectivity index (χ0v) is 9.03. The van der Waals surface area contributed by atoms with Crippen molar-refractivity contribution in [3.05, 3.63) is 34.1 Å². The highest BCUT2D eigenvalue weighted by Crippen LogP contribution is 2.21. The van der Waals surface area contributed by atoms with Crippen molar-refractivity contribution in [3.63, 3.8) is 0 Å². The first-order valence-corrected chi connectivity index (χ1v) is 4.89. The van der Waals surface area contributed by atoms with Crippen molar-refractivity contribution in [1.82, 2.24) is 0 Å². The maximum atomic E-state index is 13.1. The molecule has 0 bridgehead atoms. The third-order valence-electron chi connectivity index (χ3n) is 1.63. The van der Waals surface area contributed by atoms with Crippen LogP contribution in [0.5, 0.6) is 0 Å². The molecule has 13 heavy (non-hydrogen) atoms. The van der Waals surface area contributed by atoms with Crippen LogP contribution >= 0.6 is 27.5 Å². The van der Waals surface area contributed by atoms with E-state index in [2.05, 4.69) is 15.9 Å². The van der Waals surface area contributed by atoms with Crippen molar-refractivity contribution in [2.75, 3.05) is 0 Å². The maximum absolute atomic E-state index is 13.1. The molecule has 1 rings (SSSR count). The Kier molecular flexibility index (Phi) is 3.88. The summed E-state index contributed by atoms with van der Waals surface area (Å²) >= 11 is 8.36. The van der Waals surface area contributed by atoms with Crippen LogP contribution in [0.4, 0.5) is 4.39 Å². The number of carbonyl (C=O) groups excluding carboxylic acids is 1. The standard InChI is InChI=1S/C9H7BrClFO/c10-7-2-1-3-8(12)6(7)4-5-9(11)13/h1-3H,4-5H2. The third-order valence-corrected chi connectivity index (χ3v) is 2.57. The van der Waals surface area contributed by atoms with Gasteiger partial charge < -0.3 is 0 Å². The van der Waals surface area contributed by atoms with E-state index < -0.39 is 5.24 Å². The highest BCUT2D eigenvalue weighted by molar-refractivity contribution is 9.10. The minimum absolute atomic E-state index is 0.154. The lowest BCUT2D eigenvalue weighted by Crippen LogP contribution is -1.96. The Hall–Kier alpha value is -0.410. The van der Waals surface area contributed by atoms with Crippen LogP contribution < -0.4 is 0 Å². The SMILES string of the molecule is O=C(Cl)CCc1c(F)cccc1Br. The van der Waals surface area contributed by atoms with Gasteiger partial charge in [-0.05, 0) is 30.2 Å². The molecular weight excluding hydrogens is 258 g/mol. The van der Waals surface area contributed by atoms with Gasteiger partial charge in [-0.2, -0.15) is 0 Å². The molecule has 0 radical (unpaired) electrons. The van der Waals surface area contributed by atoms with Gasteiger partial charge in [-0.3, -0.25) is 4.79 Å². The molecular formula is C9H7BrClFO. The van der Waals surface area contributed by atoms with Crippen LogP contribution in [0.15, 0.2) is 22.7 Å². The maximum Gasteiger partial charge on any atom is 0.221 e.